The molecule has 2 aliphatic heterocycles. The number of nitrogens with zero attached hydrogens (tertiary/aromatic N) is 6. The van der Waals surface area contributed by atoms with Crippen molar-refractivity contribution in [1.29, 1.82) is 0 Å². The Morgan fingerprint density at radius 3 is 1.60 bits per heavy atom. The second-order valence-electron chi connectivity index (χ2n) is 9.24. The number of ether oxygens (including phenoxy) is 3. The van der Waals surface area contributed by atoms with Crippen molar-refractivity contribution in [2.45, 2.75) is 0 Å². The molecule has 0 aliphatic carbocycles. The van der Waals surface area contributed by atoms with Crippen molar-refractivity contribution in [3.63, 3.8) is 0 Å². The summed E-state index contributed by atoms with van der Waals surface area (Å²) in [4.78, 5) is 60.8. The molecule has 0 bridgehead atoms. The van der Waals surface area contributed by atoms with E-state index in [0.29, 0.717) is 52.3 Å². The molecule has 2 aliphatic rings. The summed E-state index contributed by atoms with van der Waals surface area (Å²) < 4.78 is 18.1. The molecule has 282 valence electrons. The van der Waals surface area contributed by atoms with Gasteiger partial charge in [-0.15, -0.1) is 15.3 Å². The molecule has 4 amide bonds. The molecule has 2 saturated heterocycles. The summed E-state index contributed by atoms with van der Waals surface area (Å²) >= 11 is 14.4. The van der Waals surface area contributed by atoms with Gasteiger partial charge in [0.2, 0.25) is 0 Å². The van der Waals surface area contributed by atoms with E-state index in [1.165, 1.54) is 57.1 Å². The average molecular weight is 1270 g/mol. The molecule has 1 N–H and O–H groups in total. The summed E-state index contributed by atoms with van der Waals surface area (Å²) in [7, 11) is 5.84. The zero-order valence-electron chi connectivity index (χ0n) is 30.2. The van der Waals surface area contributed by atoms with Gasteiger partial charge >= 0.3 is 138 Å². The molecule has 26 heteroatoms. The molecule has 0 unspecified atom stereocenters. The first-order valence-corrected chi connectivity index (χ1v) is 19.5. The van der Waals surface area contributed by atoms with Crippen LogP contribution in [-0.2, 0) is 19.3 Å². The van der Waals surface area contributed by atoms with Crippen LogP contribution in [0.1, 0.15) is 12.6 Å². The van der Waals surface area contributed by atoms with Crippen molar-refractivity contribution in [3.05, 3.63) is 69.1 Å². The van der Waals surface area contributed by atoms with Crippen molar-refractivity contribution in [1.82, 2.24) is 30.2 Å². The zero-order chi connectivity index (χ0) is 39.2. The van der Waals surface area contributed by atoms with Gasteiger partial charge in [-0.2, -0.15) is 0 Å². The van der Waals surface area contributed by atoms with Crippen molar-refractivity contribution < 1.29 is 193 Å². The molecule has 55 heavy (non-hydrogen) atoms. The van der Waals surface area contributed by atoms with Gasteiger partial charge in [0, 0.05) is 23.0 Å². The van der Waals surface area contributed by atoms with Crippen LogP contribution in [0.3, 0.4) is 0 Å². The molecule has 6 rings (SSSR count). The van der Waals surface area contributed by atoms with Gasteiger partial charge in [0.05, 0.1) is 24.0 Å². The van der Waals surface area contributed by atoms with Gasteiger partial charge in [-0.1, -0.05) is 59.6 Å². The van der Waals surface area contributed by atoms with E-state index >= 15 is 0 Å². The number of imide groups is 2. The fourth-order valence-electron chi connectivity index (χ4n) is 3.57. The van der Waals surface area contributed by atoms with Crippen LogP contribution in [0.2, 0.25) is 0 Å². The Balaban J connectivity index is 0.000000842. The van der Waals surface area contributed by atoms with E-state index in [4.69, 9.17) is 24.3 Å². The van der Waals surface area contributed by atoms with Crippen molar-refractivity contribution >= 4 is 135 Å². The number of carbonyl (C=O) groups is 5. The predicted molar refractivity (Wildman–Crippen MR) is 206 cm³/mol. The van der Waals surface area contributed by atoms with E-state index in [1.54, 1.807) is 41.4 Å². The van der Waals surface area contributed by atoms with Crippen LogP contribution in [0.4, 0.5) is 9.59 Å². The molecular formula is C29H23Br3Cs2N6O11S4. The minimum absolute atomic E-state index is 0. The van der Waals surface area contributed by atoms with Crippen LogP contribution < -0.4 is 157 Å². The van der Waals surface area contributed by atoms with Crippen LogP contribution in [-0.4, -0.2) is 92.4 Å². The molecule has 0 spiro atoms. The Morgan fingerprint density at radius 2 is 1.24 bits per heavy atom. The number of hydrogen-bond acceptors (Lipinski definition) is 19. The molecule has 17 nitrogen and oxygen atoms in total. The summed E-state index contributed by atoms with van der Waals surface area (Å²) in [5.41, 5.74) is 4.57. The summed E-state index contributed by atoms with van der Waals surface area (Å²) in [6, 6.07) is 6.48. The standard InChI is InChI=1S/C14H10BrN3O4S2.C12H10BrNO4S.C2HBrN2S.CH2O3.2Cs.H/c1-18-12(19)11(24-14(18)20)4-7-3-9(21-2)10(5-8(7)15)22-13-17-16-6-23-13;1-14-11(16)10(19-12(14)17)4-6-3-9(18-2)8(15)5-7(6)13;3-2-5-4-1-6-2;2-1-4-3;;;/h3-6H,1-2H3;3-5,15H,1-2H3;1H;1,3H;;;/q;;;;2*+1;-1/p-1/b11-4-;10-4-;;;;;. The van der Waals surface area contributed by atoms with E-state index in [-0.39, 0.29) is 174 Å². The van der Waals surface area contributed by atoms with Crippen LogP contribution in [0.5, 0.6) is 28.2 Å². The van der Waals surface area contributed by atoms with Gasteiger partial charge in [-0.25, -0.2) is 0 Å². The van der Waals surface area contributed by atoms with E-state index in [0.717, 1.165) is 37.2 Å². The number of rotatable bonds is 7. The van der Waals surface area contributed by atoms with Gasteiger partial charge in [0.25, 0.3) is 34.0 Å². The van der Waals surface area contributed by atoms with Crippen LogP contribution in [0.25, 0.3) is 12.2 Å². The van der Waals surface area contributed by atoms with E-state index in [9.17, 15) is 24.3 Å². The number of methoxy groups -OCH3 is 2. The Bertz CT molecular complexity index is 2040. The van der Waals surface area contributed by atoms with Crippen molar-refractivity contribution in [2.24, 2.45) is 0 Å². The molecule has 0 radical (unpaired) electrons. The number of phenols is 1. The maximum atomic E-state index is 12.0. The third kappa shape index (κ3) is 16.3. The topological polar surface area (TPSA) is 224 Å². The number of hydrogen-bond donors (Lipinski definition) is 1. The first kappa shape index (κ1) is 53.2. The smallest absolute Gasteiger partial charge is 1.00 e. The Kier molecular flexibility index (Phi) is 26.2. The normalized spacial score (nSPS) is 14.4. The number of amides is 4. The number of aromatic nitrogens is 4. The van der Waals surface area contributed by atoms with Gasteiger partial charge in [-0.05, 0) is 87.0 Å². The first-order valence-electron chi connectivity index (χ1n) is 13.7. The number of thioether (sulfide) groups is 2. The van der Waals surface area contributed by atoms with Gasteiger partial charge in [-0.3, -0.25) is 33.8 Å². The summed E-state index contributed by atoms with van der Waals surface area (Å²) in [5.74, 6) is 0.552. The number of likely N-dealkylation sites (N-methyl/N-ethyl adjacent to an activating group) is 2. The second-order valence-corrected chi connectivity index (χ2v) is 15.8. The Labute approximate surface area is 473 Å². The molecular weight excluding hydrogens is 1240 g/mol. The van der Waals surface area contributed by atoms with Crippen molar-refractivity contribution in [2.75, 3.05) is 28.3 Å². The molecule has 0 saturated carbocycles. The van der Waals surface area contributed by atoms with Crippen LogP contribution in [0.15, 0.2) is 58.0 Å². The van der Waals surface area contributed by atoms with Crippen LogP contribution in [0, 0.1) is 0 Å². The maximum Gasteiger partial charge on any atom is 1.00 e. The molecule has 4 aromatic rings. The molecule has 0 atom stereocenters. The Hall–Kier alpha value is 0.194. The van der Waals surface area contributed by atoms with Gasteiger partial charge in [0.15, 0.2) is 26.9 Å². The minimum atomic E-state index is -0.339. The van der Waals surface area contributed by atoms with Crippen molar-refractivity contribution in [3.8, 4) is 28.2 Å². The second kappa shape index (κ2) is 27.1. The van der Waals surface area contributed by atoms with Crippen LogP contribution >= 0.6 is 94.0 Å². The fraction of sp³-hybridized carbons (Fsp3) is 0.138. The molecule has 2 aromatic carbocycles. The number of carbonyl (C=O) groups excluding carboxylic acids is 5. The summed E-state index contributed by atoms with van der Waals surface area (Å²) in [5, 5.41) is 32.5. The molecule has 4 heterocycles. The third-order valence-electron chi connectivity index (χ3n) is 6.04. The molecule has 2 aromatic heterocycles. The Morgan fingerprint density at radius 1 is 0.764 bits per heavy atom. The monoisotopic (exact) mass is 1260 g/mol. The summed E-state index contributed by atoms with van der Waals surface area (Å²) in [6.45, 7) is -0.181. The first-order chi connectivity index (χ1) is 25.2. The average Bonchev–Trinajstić information content (AvgIpc) is 3.94. The molecule has 2 fully saturated rings. The number of phenolic OH excluding ortho intramolecular Hbond substituents is 1. The largest absolute Gasteiger partial charge is 1.00 e. The van der Waals surface area contributed by atoms with E-state index in [1.807, 2.05) is 0 Å². The quantitative estimate of drug-likeness (QED) is 0.115. The maximum absolute atomic E-state index is 12.0. The predicted octanol–water partition coefficient (Wildman–Crippen LogP) is 0.453. The summed E-state index contributed by atoms with van der Waals surface area (Å²) in [6.07, 6.45) is 3.22. The zero-order valence-corrected chi connectivity index (χ0v) is 49.8. The fourth-order valence-corrected chi connectivity index (χ4v) is 7.12. The van der Waals surface area contributed by atoms with Gasteiger partial charge < -0.3 is 30.9 Å². The number of aromatic hydroxyl groups is 1. The minimum Gasteiger partial charge on any atom is -1.00 e. The van der Waals surface area contributed by atoms with E-state index < -0.39 is 0 Å². The number of benzene rings is 2. The SMILES string of the molecule is Brc1nncs1.COc1cc(/C=C2\SC(=O)N(C)C2=O)c(Br)cc1O.COc1cc(/C=C2\SC(=O)N(C)C2=O)c(Br)cc1Oc1nncs1.O=CO[O-].[Cs+].[Cs+].[H-]. The van der Waals surface area contributed by atoms with Gasteiger partial charge in [0.1, 0.15) is 11.0 Å². The van der Waals surface area contributed by atoms with E-state index in [2.05, 4.69) is 73.1 Å². The third-order valence-corrected chi connectivity index (χ3v) is 11.1. The number of halogens is 3.